The van der Waals surface area contributed by atoms with E-state index in [2.05, 4.69) is 27.8 Å². The molecule has 2 heterocycles. The number of carbonyl (C=O) groups excluding carboxylic acids is 1. The highest BCUT2D eigenvalue weighted by atomic mass is 16.5. The number of aromatic nitrogens is 2. The van der Waals surface area contributed by atoms with Gasteiger partial charge in [-0.3, -0.25) is 9.78 Å². The lowest BCUT2D eigenvalue weighted by molar-refractivity contribution is 0.100. The van der Waals surface area contributed by atoms with Crippen LogP contribution in [0.4, 0.5) is 5.82 Å². The molecule has 2 aromatic carbocycles. The van der Waals surface area contributed by atoms with E-state index in [1.807, 2.05) is 30.5 Å². The number of anilines is 1. The molecule has 188 valence electrons. The highest BCUT2D eigenvalue weighted by Crippen LogP contribution is 2.29. The van der Waals surface area contributed by atoms with E-state index < -0.39 is 5.91 Å². The summed E-state index contributed by atoms with van der Waals surface area (Å²) in [5, 5.41) is 18.8. The van der Waals surface area contributed by atoms with Crippen LogP contribution >= 0.6 is 0 Å². The van der Waals surface area contributed by atoms with E-state index in [0.717, 1.165) is 53.5 Å². The van der Waals surface area contributed by atoms with E-state index in [9.17, 15) is 4.79 Å². The Bertz CT molecular complexity index is 1310. The fourth-order valence-corrected chi connectivity index (χ4v) is 4.19. The first kappa shape index (κ1) is 25.5. The predicted octanol–water partition coefficient (Wildman–Crippen LogP) is 3.42. The molecule has 0 atom stereocenters. The molecule has 8 heteroatoms. The number of carbonyl (C=O) groups is 1. The smallest absolute Gasteiger partial charge is 0.248 e. The third kappa shape index (κ3) is 6.75. The average Bonchev–Trinajstić information content (AvgIpc) is 2.89. The summed E-state index contributed by atoms with van der Waals surface area (Å²) in [7, 11) is 0. The second-order valence-electron chi connectivity index (χ2n) is 8.69. The van der Waals surface area contributed by atoms with Crippen molar-refractivity contribution in [1.82, 2.24) is 15.3 Å². The number of unbranched alkanes of at least 4 members (excludes halogenated alkanes) is 1. The summed E-state index contributed by atoms with van der Waals surface area (Å²) < 4.78 is 5.80. The van der Waals surface area contributed by atoms with Gasteiger partial charge in [0, 0.05) is 60.4 Å². The minimum atomic E-state index is -0.477. The van der Waals surface area contributed by atoms with Crippen LogP contribution in [-0.2, 0) is 17.7 Å². The van der Waals surface area contributed by atoms with E-state index >= 15 is 0 Å². The number of ether oxygens (including phenoxy) is 1. The molecular weight excluding hydrogens is 454 g/mol. The van der Waals surface area contributed by atoms with Gasteiger partial charge in [-0.05, 0) is 55.1 Å². The minimum Gasteiger partial charge on any atom is -0.396 e. The van der Waals surface area contributed by atoms with Gasteiger partial charge in [0.15, 0.2) is 0 Å². The Kier molecular flexibility index (Phi) is 9.15. The summed E-state index contributed by atoms with van der Waals surface area (Å²) in [4.78, 5) is 20.6. The number of aliphatic hydroxyl groups excluding tert-OH is 1. The molecule has 0 aliphatic rings. The number of hydrogen-bond acceptors (Lipinski definition) is 7. The monoisotopic (exact) mass is 487 g/mol. The van der Waals surface area contributed by atoms with Crippen molar-refractivity contribution >= 4 is 33.4 Å². The normalized spacial score (nSPS) is 11.2. The maximum atomic E-state index is 11.6. The Hall–Kier alpha value is -3.59. The molecule has 0 unspecified atom stereocenters. The number of nitrogens with zero attached hydrogens (tertiary/aromatic N) is 2. The highest BCUT2D eigenvalue weighted by Gasteiger charge is 2.10. The number of benzene rings is 2. The maximum Gasteiger partial charge on any atom is 0.248 e. The van der Waals surface area contributed by atoms with Gasteiger partial charge < -0.3 is 26.2 Å². The van der Waals surface area contributed by atoms with Crippen LogP contribution in [0.1, 0.15) is 34.3 Å². The predicted molar refractivity (Wildman–Crippen MR) is 143 cm³/mol. The van der Waals surface area contributed by atoms with Gasteiger partial charge in [-0.2, -0.15) is 0 Å². The number of nitrogens with one attached hydrogen (secondary N) is 2. The molecular formula is C28H33N5O3. The third-order valence-electron chi connectivity index (χ3n) is 6.03. The van der Waals surface area contributed by atoms with Gasteiger partial charge in [-0.15, -0.1) is 0 Å². The third-order valence-corrected chi connectivity index (χ3v) is 6.03. The SMILES string of the molecule is NC(=O)c1ccc2c(c1)nc(NCCOCCCCNCc1cccc(CCO)c1)c1ccncc12. The van der Waals surface area contributed by atoms with Crippen LogP contribution in [0, 0.1) is 0 Å². The van der Waals surface area contributed by atoms with Gasteiger partial charge in [0.1, 0.15) is 5.82 Å². The molecule has 4 rings (SSSR count). The topological polar surface area (TPSA) is 122 Å². The van der Waals surface area contributed by atoms with Crippen LogP contribution in [0.3, 0.4) is 0 Å². The fraction of sp³-hybridized carbons (Fsp3) is 0.321. The van der Waals surface area contributed by atoms with Gasteiger partial charge in [-0.1, -0.05) is 30.3 Å². The average molecular weight is 488 g/mol. The van der Waals surface area contributed by atoms with Crippen molar-refractivity contribution in [2.24, 2.45) is 5.73 Å². The molecule has 5 N–H and O–H groups in total. The van der Waals surface area contributed by atoms with Gasteiger partial charge in [0.25, 0.3) is 0 Å². The number of primary amides is 1. The zero-order valence-corrected chi connectivity index (χ0v) is 20.4. The lowest BCUT2D eigenvalue weighted by atomic mass is 10.1. The van der Waals surface area contributed by atoms with E-state index in [-0.39, 0.29) is 6.61 Å². The summed E-state index contributed by atoms with van der Waals surface area (Å²) in [6.45, 7) is 3.82. The quantitative estimate of drug-likeness (QED) is 0.159. The standard InChI is InChI=1S/C28H33N5O3/c29-27(35)22-6-7-23-25-19-31-11-8-24(25)28(33-26(23)17-22)32-12-15-36-14-2-1-10-30-18-21-5-3-4-20(16-21)9-13-34/h3-8,11,16-17,19,30,34H,1-2,9-10,12-15,18H2,(H2,29,35)(H,32,33). The van der Waals surface area contributed by atoms with Gasteiger partial charge in [-0.25, -0.2) is 4.98 Å². The minimum absolute atomic E-state index is 0.178. The first-order chi connectivity index (χ1) is 17.7. The molecule has 8 nitrogen and oxygen atoms in total. The molecule has 0 fully saturated rings. The van der Waals surface area contributed by atoms with Crippen LogP contribution in [-0.4, -0.2) is 53.9 Å². The van der Waals surface area contributed by atoms with E-state index in [1.165, 1.54) is 5.56 Å². The number of rotatable bonds is 14. The molecule has 1 amide bonds. The molecule has 4 aromatic rings. The largest absolute Gasteiger partial charge is 0.396 e. The van der Waals surface area contributed by atoms with Crippen LogP contribution < -0.4 is 16.4 Å². The van der Waals surface area contributed by atoms with Crippen LogP contribution in [0.2, 0.25) is 0 Å². The van der Waals surface area contributed by atoms with Gasteiger partial charge in [0.05, 0.1) is 12.1 Å². The molecule has 0 bridgehead atoms. The molecule has 0 aliphatic carbocycles. The van der Waals surface area contributed by atoms with E-state index in [4.69, 9.17) is 20.6 Å². The number of nitrogens with two attached hydrogens (primary N) is 1. The summed E-state index contributed by atoms with van der Waals surface area (Å²) in [6, 6.07) is 15.5. The van der Waals surface area contributed by atoms with E-state index in [1.54, 1.807) is 18.3 Å². The number of aliphatic hydroxyl groups is 1. The lowest BCUT2D eigenvalue weighted by Crippen LogP contribution is -2.16. The van der Waals surface area contributed by atoms with Gasteiger partial charge >= 0.3 is 0 Å². The zero-order valence-electron chi connectivity index (χ0n) is 20.4. The highest BCUT2D eigenvalue weighted by molar-refractivity contribution is 6.11. The number of amides is 1. The maximum absolute atomic E-state index is 11.6. The van der Waals surface area contributed by atoms with Crippen molar-refractivity contribution in [2.75, 3.05) is 38.2 Å². The van der Waals surface area contributed by atoms with Crippen molar-refractivity contribution in [2.45, 2.75) is 25.8 Å². The van der Waals surface area contributed by atoms with Crippen LogP contribution in [0.5, 0.6) is 0 Å². The van der Waals surface area contributed by atoms with Crippen LogP contribution in [0.15, 0.2) is 60.9 Å². The van der Waals surface area contributed by atoms with Crippen LogP contribution in [0.25, 0.3) is 21.7 Å². The van der Waals surface area contributed by atoms with Crippen molar-refractivity contribution in [3.63, 3.8) is 0 Å². The zero-order chi connectivity index (χ0) is 25.2. The molecule has 0 saturated carbocycles. The first-order valence-electron chi connectivity index (χ1n) is 12.3. The van der Waals surface area contributed by atoms with Gasteiger partial charge in [0.2, 0.25) is 5.91 Å². The first-order valence-corrected chi connectivity index (χ1v) is 12.3. The van der Waals surface area contributed by atoms with Crippen molar-refractivity contribution in [3.8, 4) is 0 Å². The summed E-state index contributed by atoms with van der Waals surface area (Å²) in [6.07, 6.45) is 6.27. The van der Waals surface area contributed by atoms with Crippen molar-refractivity contribution < 1.29 is 14.6 Å². The fourth-order valence-electron chi connectivity index (χ4n) is 4.19. The Morgan fingerprint density at radius 1 is 0.972 bits per heavy atom. The Morgan fingerprint density at radius 2 is 1.86 bits per heavy atom. The summed E-state index contributed by atoms with van der Waals surface area (Å²) >= 11 is 0. The molecule has 36 heavy (non-hydrogen) atoms. The Morgan fingerprint density at radius 3 is 2.72 bits per heavy atom. The van der Waals surface area contributed by atoms with E-state index in [0.29, 0.717) is 37.3 Å². The molecule has 0 aliphatic heterocycles. The second-order valence-corrected chi connectivity index (χ2v) is 8.69. The molecule has 0 saturated heterocycles. The Labute approximate surface area is 210 Å². The lowest BCUT2D eigenvalue weighted by Gasteiger charge is -2.12. The summed E-state index contributed by atoms with van der Waals surface area (Å²) in [5.74, 6) is 0.257. The number of hydrogen-bond donors (Lipinski definition) is 4. The van der Waals surface area contributed by atoms with Crippen molar-refractivity contribution in [3.05, 3.63) is 77.6 Å². The molecule has 0 spiro atoms. The number of pyridine rings is 2. The molecule has 2 aromatic heterocycles. The summed E-state index contributed by atoms with van der Waals surface area (Å²) in [5.41, 5.74) is 8.97. The Balaban J connectivity index is 1.19. The molecule has 0 radical (unpaired) electrons. The second kappa shape index (κ2) is 12.9. The number of fused-ring (bicyclic) bond motifs is 3. The van der Waals surface area contributed by atoms with Crippen molar-refractivity contribution in [1.29, 1.82) is 0 Å².